The van der Waals surface area contributed by atoms with Gasteiger partial charge in [-0.1, -0.05) is 0 Å². The zero-order valence-corrected chi connectivity index (χ0v) is 17.3. The third kappa shape index (κ3) is 17.8. The largest absolute Gasteiger partial charge is 0 e. The van der Waals surface area contributed by atoms with Crippen molar-refractivity contribution < 1.29 is 187 Å². The van der Waals surface area contributed by atoms with E-state index >= 15 is 0 Å². The van der Waals surface area contributed by atoms with Gasteiger partial charge in [-0.25, -0.2) is 0 Å². The molecule has 0 aromatic rings. The molecule has 0 spiro atoms. The Balaban J connectivity index is 0. The van der Waals surface area contributed by atoms with E-state index in [-0.39, 0.29) is 187 Å². The number of hydrogen-bond acceptors (Lipinski definition) is 0. The second-order valence-electron chi connectivity index (χ2n) is 0. The molecule has 0 fully saturated rings. The minimum absolute atomic E-state index is 0. The van der Waals surface area contributed by atoms with E-state index in [4.69, 9.17) is 0 Å². The first-order valence-electron chi connectivity index (χ1n) is 0. The molecule has 0 aromatic carbocycles. The van der Waals surface area contributed by atoms with Crippen molar-refractivity contribution in [2.75, 3.05) is 0 Å². The van der Waals surface area contributed by atoms with E-state index < -0.39 is 0 Å². The van der Waals surface area contributed by atoms with Crippen LogP contribution in [0, 0.1) is 167 Å². The minimum Gasteiger partial charge on any atom is 0 e. The van der Waals surface area contributed by atoms with Crippen molar-refractivity contribution in [2.24, 2.45) is 0 Å². The zero-order valence-electron chi connectivity index (χ0n) is 2.33. The monoisotopic (exact) mass is 753 g/mol. The fourth-order valence-corrected chi connectivity index (χ4v) is 0. The fraction of sp³-hybridized carbons (Fsp3) is 0. The van der Waals surface area contributed by atoms with Gasteiger partial charge in [0.1, 0.15) is 0 Å². The molecule has 0 nitrogen and oxygen atoms in total. The SMILES string of the molecule is [Ce].[Ce].[Ce].[Ce].[Ir]. The maximum Gasteiger partial charge on any atom is 0 e. The van der Waals surface area contributed by atoms with Gasteiger partial charge in [0.05, 0.1) is 0 Å². The van der Waals surface area contributed by atoms with Gasteiger partial charge in [-0.05, 0) is 0 Å². The summed E-state index contributed by atoms with van der Waals surface area (Å²) >= 11 is 0. The van der Waals surface area contributed by atoms with Crippen LogP contribution >= 0.6 is 0 Å². The Morgan fingerprint density at radius 2 is 0.400 bits per heavy atom. The van der Waals surface area contributed by atoms with Crippen LogP contribution in [0.3, 0.4) is 0 Å². The van der Waals surface area contributed by atoms with Gasteiger partial charge in [0, 0.05) is 187 Å². The maximum absolute atomic E-state index is 0. The fourth-order valence-electron chi connectivity index (χ4n) is 0. The second-order valence-corrected chi connectivity index (χ2v) is 0. The summed E-state index contributed by atoms with van der Waals surface area (Å²) in [7, 11) is 0. The minimum atomic E-state index is 0. The van der Waals surface area contributed by atoms with E-state index in [2.05, 4.69) is 0 Å². The third-order valence-electron chi connectivity index (χ3n) is 0. The predicted molar refractivity (Wildman–Crippen MR) is 0 cm³/mol. The summed E-state index contributed by atoms with van der Waals surface area (Å²) in [6, 6.07) is 0. The predicted octanol–water partition coefficient (Wildman–Crippen LogP) is -0.00250. The van der Waals surface area contributed by atoms with Gasteiger partial charge >= 0.3 is 0 Å². The van der Waals surface area contributed by atoms with Gasteiger partial charge in [0.2, 0.25) is 0 Å². The van der Waals surface area contributed by atoms with Crippen LogP contribution < -0.4 is 0 Å². The van der Waals surface area contributed by atoms with Gasteiger partial charge in [0.15, 0.2) is 0 Å². The third-order valence-corrected chi connectivity index (χ3v) is 0. The van der Waals surface area contributed by atoms with Crippen LogP contribution in [0.5, 0.6) is 0 Å². The van der Waals surface area contributed by atoms with E-state index in [1.54, 1.807) is 0 Å². The summed E-state index contributed by atoms with van der Waals surface area (Å²) in [5, 5.41) is 0. The summed E-state index contributed by atoms with van der Waals surface area (Å²) in [5.74, 6) is 0. The van der Waals surface area contributed by atoms with E-state index in [0.29, 0.717) is 0 Å². The Kier molecular flexibility index (Phi) is 136. The van der Waals surface area contributed by atoms with Gasteiger partial charge in [-0.3, -0.25) is 0 Å². The maximum atomic E-state index is 0. The molecule has 0 saturated heterocycles. The zero-order chi connectivity index (χ0) is 0. The molecule has 1 radical (unpaired) electrons. The Bertz CT molecular complexity index is 3.61. The molecule has 0 rings (SSSR count). The van der Waals surface area contributed by atoms with Crippen molar-refractivity contribution >= 4 is 0 Å². The first kappa shape index (κ1) is 30.4. The number of hydrogen-bond donors (Lipinski definition) is 0. The van der Waals surface area contributed by atoms with Crippen molar-refractivity contribution in [3.63, 3.8) is 0 Å². The van der Waals surface area contributed by atoms with Crippen LogP contribution in [-0.2, 0) is 20.1 Å². The van der Waals surface area contributed by atoms with Gasteiger partial charge in [0.25, 0.3) is 0 Å². The molecule has 0 aliphatic carbocycles. The summed E-state index contributed by atoms with van der Waals surface area (Å²) < 4.78 is 0. The van der Waals surface area contributed by atoms with Crippen molar-refractivity contribution in [3.8, 4) is 0 Å². The summed E-state index contributed by atoms with van der Waals surface area (Å²) in [6.45, 7) is 0. The molecule has 0 saturated carbocycles. The summed E-state index contributed by atoms with van der Waals surface area (Å²) in [5.41, 5.74) is 0. The van der Waals surface area contributed by atoms with Crippen molar-refractivity contribution in [2.45, 2.75) is 0 Å². The Hall–Kier alpha value is 6.16. The average Bonchev–Trinajstić information content (AvgIpc) is 0. The second kappa shape index (κ2) is 22.5. The molecule has 0 atom stereocenters. The first-order valence-corrected chi connectivity index (χ1v) is 0. The molecule has 0 bridgehead atoms. The van der Waals surface area contributed by atoms with Crippen LogP contribution in [0.1, 0.15) is 0 Å². The molecular weight excluding hydrogens is 753 g/mol. The topological polar surface area (TPSA) is 0 Å². The van der Waals surface area contributed by atoms with Crippen molar-refractivity contribution in [1.82, 2.24) is 0 Å². The first-order chi connectivity index (χ1) is 0. The molecule has 0 aromatic heterocycles. The molecule has 25 valence electrons. The van der Waals surface area contributed by atoms with E-state index in [0.717, 1.165) is 0 Å². The molecule has 0 aliphatic rings. The molecular formula is Ce4Ir. The smallest absolute Gasteiger partial charge is 0 e. The van der Waals surface area contributed by atoms with Gasteiger partial charge in [-0.2, -0.15) is 0 Å². The quantitative estimate of drug-likeness (QED) is 0.328. The standard InChI is InChI=1S/4Ce.Ir. The Labute approximate surface area is 180 Å². The van der Waals surface area contributed by atoms with Crippen molar-refractivity contribution in [1.29, 1.82) is 0 Å². The number of rotatable bonds is 0. The van der Waals surface area contributed by atoms with Crippen LogP contribution in [0.2, 0.25) is 0 Å². The molecule has 0 aliphatic heterocycles. The average molecular weight is 753 g/mol. The molecule has 5 heteroatoms. The van der Waals surface area contributed by atoms with Crippen LogP contribution in [-0.4, -0.2) is 0 Å². The molecule has 5 heavy (non-hydrogen) atoms. The van der Waals surface area contributed by atoms with Crippen molar-refractivity contribution in [3.05, 3.63) is 0 Å². The van der Waals surface area contributed by atoms with E-state index in [1.165, 1.54) is 0 Å². The van der Waals surface area contributed by atoms with E-state index in [1.807, 2.05) is 0 Å². The molecule has 0 amide bonds. The van der Waals surface area contributed by atoms with Crippen LogP contribution in [0.25, 0.3) is 0 Å². The van der Waals surface area contributed by atoms with Crippen LogP contribution in [0.4, 0.5) is 0 Å². The summed E-state index contributed by atoms with van der Waals surface area (Å²) in [4.78, 5) is 0. The Morgan fingerprint density at radius 3 is 0.400 bits per heavy atom. The van der Waals surface area contributed by atoms with Crippen LogP contribution in [0.15, 0.2) is 0 Å². The van der Waals surface area contributed by atoms with E-state index in [9.17, 15) is 0 Å². The molecule has 0 heterocycles. The Morgan fingerprint density at radius 1 is 0.400 bits per heavy atom. The van der Waals surface area contributed by atoms with Gasteiger partial charge in [-0.15, -0.1) is 0 Å². The summed E-state index contributed by atoms with van der Waals surface area (Å²) in [6.07, 6.45) is 0. The molecule has 0 N–H and O–H groups in total. The van der Waals surface area contributed by atoms with Gasteiger partial charge < -0.3 is 0 Å². The molecule has 0 unspecified atom stereocenters. The normalized spacial score (nSPS) is 0.